The number of nitrogens with two attached hydrogens (primary N) is 2. The molecule has 0 aliphatic heterocycles. The van der Waals surface area contributed by atoms with Gasteiger partial charge in [0.2, 0.25) is 0 Å². The first-order valence-corrected chi connectivity index (χ1v) is 17.5. The lowest BCUT2D eigenvalue weighted by Gasteiger charge is -2.17. The molecule has 0 atom stereocenters. The number of pyridine rings is 4. The zero-order valence-corrected chi connectivity index (χ0v) is 28.9. The maximum absolute atomic E-state index is 15.8. The van der Waals surface area contributed by atoms with Crippen LogP contribution in [0.5, 0.6) is 0 Å². The fourth-order valence-corrected chi connectivity index (χ4v) is 7.44. The highest BCUT2D eigenvalue weighted by molar-refractivity contribution is 6.03. The summed E-state index contributed by atoms with van der Waals surface area (Å²) in [6, 6.07) is 20.0. The minimum absolute atomic E-state index is 0.0486. The average molecular weight is 697 g/mol. The van der Waals surface area contributed by atoms with Crippen LogP contribution in [0.1, 0.15) is 91.6 Å². The van der Waals surface area contributed by atoms with Crippen molar-refractivity contribution in [2.75, 3.05) is 0 Å². The highest BCUT2D eigenvalue weighted by atomic mass is 19.1. The van der Waals surface area contributed by atoms with E-state index in [0.29, 0.717) is 46.4 Å². The van der Waals surface area contributed by atoms with Gasteiger partial charge in [-0.2, -0.15) is 0 Å². The molecule has 0 radical (unpaired) electrons. The number of fused-ring (bicyclic) bond motifs is 2. The molecule has 4 heterocycles. The summed E-state index contributed by atoms with van der Waals surface area (Å²) in [5, 5.41) is 0. The number of rotatable bonds is 8. The van der Waals surface area contributed by atoms with Gasteiger partial charge in [-0.15, -0.1) is 0 Å². The molecule has 4 N–H and O–H groups in total. The Labute approximate surface area is 298 Å². The number of ether oxygens (including phenoxy) is 1. The van der Waals surface area contributed by atoms with E-state index in [1.165, 1.54) is 16.5 Å². The van der Waals surface area contributed by atoms with Gasteiger partial charge in [0.1, 0.15) is 16.9 Å². The number of hydrogen-bond donors (Lipinski definition) is 2. The Morgan fingerprint density at radius 1 is 0.712 bits per heavy atom. The van der Waals surface area contributed by atoms with E-state index < -0.39 is 34.4 Å². The van der Waals surface area contributed by atoms with Crippen molar-refractivity contribution in [2.45, 2.75) is 64.5 Å². The Morgan fingerprint density at radius 2 is 1.19 bits per heavy atom. The van der Waals surface area contributed by atoms with E-state index in [2.05, 4.69) is 0 Å². The molecule has 0 amide bonds. The van der Waals surface area contributed by atoms with E-state index in [4.69, 9.17) is 16.2 Å². The number of esters is 2. The van der Waals surface area contributed by atoms with Crippen molar-refractivity contribution in [1.29, 1.82) is 0 Å². The molecule has 0 bridgehead atoms. The van der Waals surface area contributed by atoms with Gasteiger partial charge in [-0.3, -0.25) is 18.4 Å². The van der Waals surface area contributed by atoms with Crippen molar-refractivity contribution in [3.05, 3.63) is 150 Å². The predicted molar refractivity (Wildman–Crippen MR) is 197 cm³/mol. The van der Waals surface area contributed by atoms with E-state index in [-0.39, 0.29) is 17.4 Å². The Balaban J connectivity index is 1.17. The summed E-state index contributed by atoms with van der Waals surface area (Å²) in [5.41, 5.74) is 18.4. The standard InChI is InChI=1S/C42H37FN4O5/c1-22-30(26-7-3-24(19-44)4-8-26)15-16-46-37(22)31(27-11-12-27)17-33(39(46)48)41(50)52-42(51)34-18-32(28-13-14-28)38-23(2)36(35(43)21-47(38)40(34)49)29-9-5-25(20-45)6-10-29/h3-10,15-18,21,27-28H,11-14,19-20,44-45H2,1-2H3. The molecule has 0 spiro atoms. The molecule has 10 heteroatoms. The molecule has 4 aromatic heterocycles. The van der Waals surface area contributed by atoms with Gasteiger partial charge in [0.05, 0.1) is 11.0 Å². The highest BCUT2D eigenvalue weighted by Gasteiger charge is 2.33. The van der Waals surface area contributed by atoms with Gasteiger partial charge in [0, 0.05) is 31.0 Å². The fraction of sp³-hybridized carbons (Fsp3) is 0.238. The summed E-state index contributed by atoms with van der Waals surface area (Å²) in [5.74, 6) is -2.80. The number of carbonyl (C=O) groups is 2. The van der Waals surface area contributed by atoms with Crippen LogP contribution in [0.4, 0.5) is 4.39 Å². The van der Waals surface area contributed by atoms with Crippen LogP contribution in [0, 0.1) is 19.7 Å². The Kier molecular flexibility index (Phi) is 8.23. The first kappa shape index (κ1) is 33.4. The zero-order valence-electron chi connectivity index (χ0n) is 28.9. The van der Waals surface area contributed by atoms with Crippen molar-refractivity contribution in [3.8, 4) is 22.3 Å². The number of halogens is 1. The lowest BCUT2D eigenvalue weighted by atomic mass is 9.95. The second kappa shape index (κ2) is 12.8. The largest absolute Gasteiger partial charge is 0.385 e. The van der Waals surface area contributed by atoms with Crippen LogP contribution in [0.3, 0.4) is 0 Å². The normalized spacial score (nSPS) is 14.2. The molecule has 8 rings (SSSR count). The molecule has 9 nitrogen and oxygen atoms in total. The average Bonchev–Trinajstić information content (AvgIpc) is 4.08. The van der Waals surface area contributed by atoms with E-state index in [9.17, 15) is 19.2 Å². The molecule has 2 fully saturated rings. The molecule has 2 aromatic carbocycles. The molecule has 2 saturated carbocycles. The van der Waals surface area contributed by atoms with Gasteiger partial charge >= 0.3 is 11.9 Å². The van der Waals surface area contributed by atoms with Gasteiger partial charge < -0.3 is 16.2 Å². The Morgan fingerprint density at radius 3 is 1.69 bits per heavy atom. The van der Waals surface area contributed by atoms with Gasteiger partial charge in [0.15, 0.2) is 0 Å². The molecule has 52 heavy (non-hydrogen) atoms. The molecule has 6 aromatic rings. The van der Waals surface area contributed by atoms with Crippen LogP contribution in [0.15, 0.2) is 88.7 Å². The highest BCUT2D eigenvalue weighted by Crippen LogP contribution is 2.45. The van der Waals surface area contributed by atoms with Gasteiger partial charge in [0.25, 0.3) is 11.1 Å². The van der Waals surface area contributed by atoms with E-state index in [1.807, 2.05) is 49.4 Å². The number of aromatic nitrogens is 2. The van der Waals surface area contributed by atoms with Gasteiger partial charge in [-0.1, -0.05) is 48.5 Å². The number of aryl methyl sites for hydroxylation is 2. The first-order valence-electron chi connectivity index (χ1n) is 17.5. The molecule has 0 saturated heterocycles. The second-order valence-corrected chi connectivity index (χ2v) is 13.9. The molecular weight excluding hydrogens is 659 g/mol. The van der Waals surface area contributed by atoms with Crippen LogP contribution in [-0.2, 0) is 17.8 Å². The summed E-state index contributed by atoms with van der Waals surface area (Å²) in [7, 11) is 0. The van der Waals surface area contributed by atoms with E-state index >= 15 is 4.39 Å². The monoisotopic (exact) mass is 696 g/mol. The van der Waals surface area contributed by atoms with Crippen LogP contribution < -0.4 is 22.6 Å². The van der Waals surface area contributed by atoms with Crippen LogP contribution in [0.2, 0.25) is 0 Å². The quantitative estimate of drug-likeness (QED) is 0.134. The van der Waals surface area contributed by atoms with Gasteiger partial charge in [-0.05, 0) is 120 Å². The third-order valence-electron chi connectivity index (χ3n) is 10.5. The minimum Gasteiger partial charge on any atom is -0.385 e. The summed E-state index contributed by atoms with van der Waals surface area (Å²) in [4.78, 5) is 55.0. The van der Waals surface area contributed by atoms with Crippen molar-refractivity contribution < 1.29 is 18.7 Å². The van der Waals surface area contributed by atoms with Crippen LogP contribution in [0.25, 0.3) is 33.3 Å². The van der Waals surface area contributed by atoms with Crippen LogP contribution in [-0.4, -0.2) is 20.7 Å². The number of benzene rings is 2. The number of nitrogens with zero attached hydrogens (tertiary/aromatic N) is 2. The lowest BCUT2D eigenvalue weighted by molar-refractivity contribution is 0.0395. The fourth-order valence-electron chi connectivity index (χ4n) is 7.44. The Bertz CT molecular complexity index is 2580. The van der Waals surface area contributed by atoms with E-state index in [1.54, 1.807) is 25.3 Å². The van der Waals surface area contributed by atoms with Crippen molar-refractivity contribution in [2.24, 2.45) is 11.5 Å². The third kappa shape index (κ3) is 5.64. The predicted octanol–water partition coefficient (Wildman–Crippen LogP) is 6.67. The summed E-state index contributed by atoms with van der Waals surface area (Å²) in [6.07, 6.45) is 6.17. The molecular formula is C42H37FN4O5. The maximum atomic E-state index is 15.8. The summed E-state index contributed by atoms with van der Waals surface area (Å²) in [6.45, 7) is 4.49. The summed E-state index contributed by atoms with van der Waals surface area (Å²) < 4.78 is 23.7. The molecule has 2 aliphatic carbocycles. The van der Waals surface area contributed by atoms with Crippen molar-refractivity contribution in [3.63, 3.8) is 0 Å². The molecule has 2 aliphatic rings. The summed E-state index contributed by atoms with van der Waals surface area (Å²) >= 11 is 0. The van der Waals surface area contributed by atoms with Crippen molar-refractivity contribution >= 4 is 23.0 Å². The maximum Gasteiger partial charge on any atom is 0.351 e. The second-order valence-electron chi connectivity index (χ2n) is 13.9. The molecule has 262 valence electrons. The van der Waals surface area contributed by atoms with Gasteiger partial charge in [-0.25, -0.2) is 14.0 Å². The smallest absolute Gasteiger partial charge is 0.351 e. The third-order valence-corrected chi connectivity index (χ3v) is 10.5. The minimum atomic E-state index is -1.20. The number of carbonyl (C=O) groups excluding carboxylic acids is 2. The topological polar surface area (TPSA) is 138 Å². The molecule has 0 unspecified atom stereocenters. The Hall–Kier alpha value is -5.71. The lowest BCUT2D eigenvalue weighted by Crippen LogP contribution is -2.29. The number of hydrogen-bond acceptors (Lipinski definition) is 7. The zero-order chi connectivity index (χ0) is 36.4. The van der Waals surface area contributed by atoms with E-state index in [0.717, 1.165) is 69.7 Å². The SMILES string of the molecule is Cc1c(-c2ccc(CN)cc2)ccn2c(=O)c(C(=O)OC(=O)c3cc(C4CC4)c4c(C)c(-c5ccc(CN)cc5)c(F)cn4c3=O)cc(C3CC3)c12. The van der Waals surface area contributed by atoms with Crippen molar-refractivity contribution in [1.82, 2.24) is 8.80 Å². The van der Waals surface area contributed by atoms with Crippen LogP contribution >= 0.6 is 0 Å². The first-order chi connectivity index (χ1) is 25.1.